The van der Waals surface area contributed by atoms with Crippen molar-refractivity contribution in [3.63, 3.8) is 0 Å². The van der Waals surface area contributed by atoms with E-state index in [0.29, 0.717) is 6.21 Å². The normalized spacial score (nSPS) is 13.1. The summed E-state index contributed by atoms with van der Waals surface area (Å²) in [6, 6.07) is 3.82. The van der Waals surface area contributed by atoms with Crippen LogP contribution in [0.15, 0.2) is 30.5 Å². The van der Waals surface area contributed by atoms with E-state index in [0.717, 1.165) is 16.5 Å². The van der Waals surface area contributed by atoms with E-state index in [1.54, 1.807) is 20.0 Å². The molecule has 4 amide bonds. The SMILES string of the molecule is CC(=O)N[C@@H](Cc1c[nH]c2ccccc12)C(=O)N[C@@H](CCC(=O)C=N)C(=O)N[C@@H](CCC(N)=O)C(=O)OC(C)C. The van der Waals surface area contributed by atoms with Crippen LogP contribution in [-0.4, -0.2) is 70.8 Å². The number of carbonyl (C=O) groups excluding carboxylic acids is 6. The van der Waals surface area contributed by atoms with Crippen molar-refractivity contribution < 1.29 is 33.5 Å². The van der Waals surface area contributed by atoms with Gasteiger partial charge in [-0.15, -0.1) is 0 Å². The second-order valence-corrected chi connectivity index (χ2v) is 9.58. The Morgan fingerprint density at radius 1 is 0.950 bits per heavy atom. The number of rotatable bonds is 16. The van der Waals surface area contributed by atoms with Gasteiger partial charge in [0.1, 0.15) is 18.1 Å². The van der Waals surface area contributed by atoms with Gasteiger partial charge in [-0.2, -0.15) is 0 Å². The fraction of sp³-hybridized carbons (Fsp3) is 0.444. The third-order valence-corrected chi connectivity index (χ3v) is 5.90. The van der Waals surface area contributed by atoms with Crippen LogP contribution in [0.1, 0.15) is 52.0 Å². The first-order valence-corrected chi connectivity index (χ1v) is 12.9. The van der Waals surface area contributed by atoms with E-state index in [9.17, 15) is 28.8 Å². The van der Waals surface area contributed by atoms with Crippen LogP contribution in [0, 0.1) is 5.41 Å². The molecule has 0 radical (unpaired) electrons. The van der Waals surface area contributed by atoms with Crippen LogP contribution in [-0.2, 0) is 39.9 Å². The summed E-state index contributed by atoms with van der Waals surface area (Å²) in [4.78, 5) is 77.3. The minimum atomic E-state index is -1.31. The highest BCUT2D eigenvalue weighted by Crippen LogP contribution is 2.19. The van der Waals surface area contributed by atoms with Crippen LogP contribution in [0.5, 0.6) is 0 Å². The number of aromatic amines is 1. The number of benzene rings is 1. The highest BCUT2D eigenvalue weighted by molar-refractivity contribution is 6.26. The van der Waals surface area contributed by atoms with E-state index in [2.05, 4.69) is 20.9 Å². The zero-order valence-electron chi connectivity index (χ0n) is 22.7. The molecule has 0 saturated carbocycles. The van der Waals surface area contributed by atoms with Gasteiger partial charge in [-0.3, -0.25) is 24.0 Å². The Morgan fingerprint density at radius 2 is 1.57 bits per heavy atom. The number of primary amides is 1. The molecule has 2 rings (SSSR count). The Balaban J connectivity index is 2.27. The van der Waals surface area contributed by atoms with Gasteiger partial charge in [0, 0.05) is 43.3 Å². The zero-order valence-corrected chi connectivity index (χ0v) is 22.7. The lowest BCUT2D eigenvalue weighted by molar-refractivity contribution is -0.152. The van der Waals surface area contributed by atoms with Gasteiger partial charge in [0.15, 0.2) is 5.78 Å². The van der Waals surface area contributed by atoms with Crippen LogP contribution in [0.2, 0.25) is 0 Å². The number of ether oxygens (including phenoxy) is 1. The number of hydrogen-bond acceptors (Lipinski definition) is 8. The van der Waals surface area contributed by atoms with Gasteiger partial charge in [0.25, 0.3) is 0 Å². The number of H-pyrrole nitrogens is 1. The van der Waals surface area contributed by atoms with Crippen LogP contribution in [0.3, 0.4) is 0 Å². The van der Waals surface area contributed by atoms with Crippen molar-refractivity contribution in [2.45, 2.75) is 77.1 Å². The summed E-state index contributed by atoms with van der Waals surface area (Å²) in [7, 11) is 0. The Bertz CT molecular complexity index is 1250. The van der Waals surface area contributed by atoms with Gasteiger partial charge in [0.05, 0.1) is 12.3 Å². The number of esters is 1. The molecule has 0 aliphatic carbocycles. The average molecular weight is 557 g/mol. The maximum absolute atomic E-state index is 13.4. The van der Waals surface area contributed by atoms with Crippen molar-refractivity contribution in [2.75, 3.05) is 0 Å². The van der Waals surface area contributed by atoms with Crippen LogP contribution in [0.4, 0.5) is 0 Å². The standard InChI is InChI=1S/C27H36N6O7/c1-15(2)40-27(39)22(10-11-24(29)36)33-25(37)21(9-8-18(35)13-28)32-26(38)23(31-16(3)34)12-17-14-30-20-7-5-4-6-19(17)20/h4-7,13-15,21-23,28,30H,8-12H2,1-3H3,(H2,29,36)(H,31,34)(H,32,38)(H,33,37)/t21-,22-,23-/m0/s1. The van der Waals surface area contributed by atoms with Crippen molar-refractivity contribution in [1.29, 1.82) is 5.41 Å². The molecule has 0 fully saturated rings. The Labute approximate surface area is 231 Å². The second kappa shape index (κ2) is 15.1. The smallest absolute Gasteiger partial charge is 0.328 e. The van der Waals surface area contributed by atoms with E-state index in [1.165, 1.54) is 6.92 Å². The van der Waals surface area contributed by atoms with Crippen molar-refractivity contribution in [3.8, 4) is 0 Å². The number of aromatic nitrogens is 1. The summed E-state index contributed by atoms with van der Waals surface area (Å²) in [5.41, 5.74) is 6.80. The van der Waals surface area contributed by atoms with Gasteiger partial charge in [-0.05, 0) is 38.3 Å². The molecule has 7 N–H and O–H groups in total. The molecule has 0 bridgehead atoms. The van der Waals surface area contributed by atoms with Crippen molar-refractivity contribution in [3.05, 3.63) is 36.0 Å². The molecule has 0 aliphatic rings. The van der Waals surface area contributed by atoms with Crippen LogP contribution >= 0.6 is 0 Å². The number of nitrogens with one attached hydrogen (secondary N) is 5. The second-order valence-electron chi connectivity index (χ2n) is 9.58. The lowest BCUT2D eigenvalue weighted by Crippen LogP contribution is -2.56. The first kappa shape index (κ1) is 31.7. The number of Topliss-reactive ketones (excluding diaryl/α,β-unsaturated/α-hetero) is 1. The maximum atomic E-state index is 13.4. The molecular formula is C27H36N6O7. The summed E-state index contributed by atoms with van der Waals surface area (Å²) in [5, 5.41) is 15.6. The number of para-hydroxylation sites is 1. The minimum absolute atomic E-state index is 0.102. The van der Waals surface area contributed by atoms with E-state index >= 15 is 0 Å². The molecular weight excluding hydrogens is 520 g/mol. The summed E-state index contributed by atoms with van der Waals surface area (Å²) >= 11 is 0. The number of hydrogen-bond donors (Lipinski definition) is 6. The monoisotopic (exact) mass is 556 g/mol. The number of carbonyl (C=O) groups is 6. The van der Waals surface area contributed by atoms with Crippen LogP contribution < -0.4 is 21.7 Å². The van der Waals surface area contributed by atoms with E-state index in [4.69, 9.17) is 15.9 Å². The predicted molar refractivity (Wildman–Crippen MR) is 146 cm³/mol. The summed E-state index contributed by atoms with van der Waals surface area (Å²) in [5.74, 6) is -4.03. The average Bonchev–Trinajstić information content (AvgIpc) is 3.29. The Hall–Kier alpha value is -4.55. The number of ketones is 1. The molecule has 1 aromatic carbocycles. The van der Waals surface area contributed by atoms with Crippen LogP contribution in [0.25, 0.3) is 10.9 Å². The Kier molecular flexibility index (Phi) is 12.0. The molecule has 0 saturated heterocycles. The number of fused-ring (bicyclic) bond motifs is 1. The van der Waals surface area contributed by atoms with Gasteiger partial charge < -0.3 is 36.8 Å². The molecule has 3 atom stereocenters. The third kappa shape index (κ3) is 9.97. The largest absolute Gasteiger partial charge is 0.461 e. The molecule has 1 aromatic heterocycles. The number of nitrogens with two attached hydrogens (primary N) is 1. The van der Waals surface area contributed by atoms with Gasteiger partial charge in [0.2, 0.25) is 23.6 Å². The lowest BCUT2D eigenvalue weighted by Gasteiger charge is -2.25. The number of amides is 4. The van der Waals surface area contributed by atoms with E-state index < -0.39 is 59.6 Å². The highest BCUT2D eigenvalue weighted by Gasteiger charge is 2.31. The van der Waals surface area contributed by atoms with Crippen molar-refractivity contribution in [1.82, 2.24) is 20.9 Å². The molecule has 0 aliphatic heterocycles. The molecule has 13 nitrogen and oxygen atoms in total. The predicted octanol–water partition coefficient (Wildman–Crippen LogP) is 0.401. The molecule has 2 aromatic rings. The first-order valence-electron chi connectivity index (χ1n) is 12.9. The molecule has 13 heteroatoms. The third-order valence-electron chi connectivity index (χ3n) is 5.90. The quantitative estimate of drug-likeness (QED) is 0.126. The van der Waals surface area contributed by atoms with Crippen molar-refractivity contribution in [2.24, 2.45) is 5.73 Å². The Morgan fingerprint density at radius 3 is 2.20 bits per heavy atom. The lowest BCUT2D eigenvalue weighted by atomic mass is 10.0. The molecule has 0 spiro atoms. The van der Waals surface area contributed by atoms with Gasteiger partial charge >= 0.3 is 5.97 Å². The fourth-order valence-corrected chi connectivity index (χ4v) is 4.00. The van der Waals surface area contributed by atoms with E-state index in [-0.39, 0.29) is 32.1 Å². The molecule has 216 valence electrons. The topological polar surface area (TPSA) is 213 Å². The highest BCUT2D eigenvalue weighted by atomic mass is 16.5. The summed E-state index contributed by atoms with van der Waals surface area (Å²) in [6.07, 6.45) is 1.16. The fourth-order valence-electron chi connectivity index (χ4n) is 4.00. The zero-order chi connectivity index (χ0) is 29.8. The molecule has 40 heavy (non-hydrogen) atoms. The molecule has 0 unspecified atom stereocenters. The summed E-state index contributed by atoms with van der Waals surface area (Å²) in [6.45, 7) is 4.49. The minimum Gasteiger partial charge on any atom is -0.461 e. The van der Waals surface area contributed by atoms with Crippen molar-refractivity contribution >= 4 is 52.5 Å². The van der Waals surface area contributed by atoms with Gasteiger partial charge in [-0.25, -0.2) is 4.79 Å². The summed E-state index contributed by atoms with van der Waals surface area (Å²) < 4.78 is 5.17. The molecule has 1 heterocycles. The van der Waals surface area contributed by atoms with Gasteiger partial charge in [-0.1, -0.05) is 18.2 Å². The van der Waals surface area contributed by atoms with E-state index in [1.807, 2.05) is 24.3 Å². The maximum Gasteiger partial charge on any atom is 0.328 e. The first-order chi connectivity index (χ1) is 18.9.